The Morgan fingerprint density at radius 2 is 1.78 bits per heavy atom. The van der Waals surface area contributed by atoms with Crippen molar-refractivity contribution in [3.8, 4) is 5.75 Å². The molecule has 3 amide bonds. The lowest BCUT2D eigenvalue weighted by Gasteiger charge is -2.28. The lowest BCUT2D eigenvalue weighted by Crippen LogP contribution is -2.35. The predicted octanol–water partition coefficient (Wildman–Crippen LogP) is 4.55. The summed E-state index contributed by atoms with van der Waals surface area (Å²) in [5.74, 6) is 0.901. The van der Waals surface area contributed by atoms with Gasteiger partial charge in [-0.05, 0) is 68.7 Å². The number of anilines is 3. The molecule has 27 heavy (non-hydrogen) atoms. The van der Waals surface area contributed by atoms with Crippen LogP contribution in [0.4, 0.5) is 21.9 Å². The number of carbonyl (C=O) groups excluding carboxylic acids is 2. The van der Waals surface area contributed by atoms with Gasteiger partial charge >= 0.3 is 6.03 Å². The van der Waals surface area contributed by atoms with Crippen molar-refractivity contribution in [1.29, 1.82) is 0 Å². The predicted molar refractivity (Wildman–Crippen MR) is 108 cm³/mol. The number of hydrogen-bond donors (Lipinski definition) is 2. The smallest absolute Gasteiger partial charge is 0.323 e. The van der Waals surface area contributed by atoms with Gasteiger partial charge in [0.1, 0.15) is 5.75 Å². The number of ether oxygens (including phenoxy) is 1. The molecule has 0 radical (unpaired) electrons. The van der Waals surface area contributed by atoms with Crippen LogP contribution in [0, 0.1) is 6.92 Å². The number of piperidine rings is 1. The van der Waals surface area contributed by atoms with Gasteiger partial charge < -0.3 is 20.3 Å². The van der Waals surface area contributed by atoms with Gasteiger partial charge in [-0.2, -0.15) is 0 Å². The highest BCUT2D eigenvalue weighted by atomic mass is 16.5. The van der Waals surface area contributed by atoms with Gasteiger partial charge in [0.2, 0.25) is 5.91 Å². The summed E-state index contributed by atoms with van der Waals surface area (Å²) in [5.41, 5.74) is 3.20. The Hall–Kier alpha value is -3.02. The molecule has 1 saturated heterocycles. The number of rotatable bonds is 5. The van der Waals surface area contributed by atoms with Crippen molar-refractivity contribution in [3.63, 3.8) is 0 Å². The number of aryl methyl sites for hydroxylation is 1. The Morgan fingerprint density at radius 3 is 2.48 bits per heavy atom. The summed E-state index contributed by atoms with van der Waals surface area (Å²) in [6.07, 6.45) is 2.52. The molecule has 2 aromatic rings. The third kappa shape index (κ3) is 4.78. The van der Waals surface area contributed by atoms with Gasteiger partial charge in [-0.15, -0.1) is 0 Å². The van der Waals surface area contributed by atoms with Crippen LogP contribution in [0.2, 0.25) is 0 Å². The number of amides is 3. The standard InChI is InChI=1S/C21H25N3O3/c1-3-27-18-11-9-16(10-12-18)22-21(26)23-17-8-7-15(2)19(14-17)24-13-5-4-6-20(24)25/h7-12,14H,3-6,13H2,1-2H3,(H2,22,23,26). The molecule has 0 aliphatic carbocycles. The summed E-state index contributed by atoms with van der Waals surface area (Å²) in [4.78, 5) is 26.3. The van der Waals surface area contributed by atoms with Crippen molar-refractivity contribution in [2.75, 3.05) is 28.7 Å². The highest BCUT2D eigenvalue weighted by molar-refractivity contribution is 6.01. The second-order valence-corrected chi connectivity index (χ2v) is 6.54. The van der Waals surface area contributed by atoms with Gasteiger partial charge in [-0.25, -0.2) is 4.79 Å². The van der Waals surface area contributed by atoms with Gasteiger partial charge in [0.05, 0.1) is 6.61 Å². The molecule has 1 fully saturated rings. The molecule has 0 saturated carbocycles. The third-order valence-corrected chi connectivity index (χ3v) is 4.50. The molecule has 0 atom stereocenters. The van der Waals surface area contributed by atoms with Crippen molar-refractivity contribution in [2.45, 2.75) is 33.1 Å². The lowest BCUT2D eigenvalue weighted by molar-refractivity contribution is -0.119. The Morgan fingerprint density at radius 1 is 1.07 bits per heavy atom. The van der Waals surface area contributed by atoms with Crippen molar-refractivity contribution < 1.29 is 14.3 Å². The van der Waals surface area contributed by atoms with Crippen LogP contribution in [0.15, 0.2) is 42.5 Å². The Labute approximate surface area is 159 Å². The van der Waals surface area contributed by atoms with E-state index in [9.17, 15) is 9.59 Å². The van der Waals surface area contributed by atoms with Crippen LogP contribution in [-0.4, -0.2) is 25.1 Å². The molecule has 0 aromatic heterocycles. The van der Waals surface area contributed by atoms with Gasteiger partial charge in [0, 0.05) is 30.0 Å². The minimum atomic E-state index is -0.334. The van der Waals surface area contributed by atoms with Crippen LogP contribution in [0.3, 0.4) is 0 Å². The van der Waals surface area contributed by atoms with E-state index >= 15 is 0 Å². The lowest BCUT2D eigenvalue weighted by atomic mass is 10.1. The molecular weight excluding hydrogens is 342 g/mol. The average Bonchev–Trinajstić information content (AvgIpc) is 2.66. The molecule has 1 heterocycles. The number of carbonyl (C=O) groups is 2. The SMILES string of the molecule is CCOc1ccc(NC(=O)Nc2ccc(C)c(N3CCCCC3=O)c2)cc1. The van der Waals surface area contributed by atoms with E-state index in [1.807, 2.05) is 49.1 Å². The highest BCUT2D eigenvalue weighted by Crippen LogP contribution is 2.28. The van der Waals surface area contributed by atoms with Crippen LogP contribution in [0.25, 0.3) is 0 Å². The van der Waals surface area contributed by atoms with Crippen molar-refractivity contribution in [1.82, 2.24) is 0 Å². The molecule has 142 valence electrons. The summed E-state index contributed by atoms with van der Waals surface area (Å²) < 4.78 is 5.39. The van der Waals surface area contributed by atoms with E-state index in [0.717, 1.165) is 36.4 Å². The topological polar surface area (TPSA) is 70.7 Å². The summed E-state index contributed by atoms with van der Waals surface area (Å²) in [6, 6.07) is 12.5. The molecule has 6 heteroatoms. The zero-order valence-electron chi connectivity index (χ0n) is 15.7. The molecule has 1 aliphatic rings. The second-order valence-electron chi connectivity index (χ2n) is 6.54. The maximum atomic E-state index is 12.3. The highest BCUT2D eigenvalue weighted by Gasteiger charge is 2.21. The monoisotopic (exact) mass is 367 g/mol. The summed E-state index contributed by atoms with van der Waals surface area (Å²) >= 11 is 0. The Kier molecular flexibility index (Phi) is 5.96. The van der Waals surface area contributed by atoms with E-state index in [2.05, 4.69) is 10.6 Å². The maximum absolute atomic E-state index is 12.3. The Balaban J connectivity index is 1.67. The van der Waals surface area contributed by atoms with Gasteiger partial charge in [-0.3, -0.25) is 4.79 Å². The largest absolute Gasteiger partial charge is 0.494 e. The molecule has 2 aromatic carbocycles. The van der Waals surface area contributed by atoms with Crippen LogP contribution in [-0.2, 0) is 4.79 Å². The van der Waals surface area contributed by atoms with Crippen LogP contribution < -0.4 is 20.3 Å². The first-order valence-electron chi connectivity index (χ1n) is 9.28. The number of hydrogen-bond acceptors (Lipinski definition) is 3. The number of urea groups is 1. The van der Waals surface area contributed by atoms with E-state index in [1.54, 1.807) is 12.1 Å². The van der Waals surface area contributed by atoms with E-state index in [1.165, 1.54) is 0 Å². The minimum absolute atomic E-state index is 0.139. The minimum Gasteiger partial charge on any atom is -0.494 e. The molecule has 0 unspecified atom stereocenters. The van der Waals surface area contributed by atoms with E-state index in [0.29, 0.717) is 24.4 Å². The zero-order chi connectivity index (χ0) is 19.2. The molecule has 6 nitrogen and oxygen atoms in total. The molecule has 3 rings (SSSR count). The summed E-state index contributed by atoms with van der Waals surface area (Å²) in [6.45, 7) is 5.22. The van der Waals surface area contributed by atoms with Crippen LogP contribution in [0.1, 0.15) is 31.7 Å². The fourth-order valence-corrected chi connectivity index (χ4v) is 3.13. The molecule has 1 aliphatic heterocycles. The van der Waals surface area contributed by atoms with Crippen LogP contribution in [0.5, 0.6) is 5.75 Å². The maximum Gasteiger partial charge on any atom is 0.323 e. The second kappa shape index (κ2) is 8.58. The summed E-state index contributed by atoms with van der Waals surface area (Å²) in [7, 11) is 0. The normalized spacial score (nSPS) is 14.0. The van der Waals surface area contributed by atoms with Gasteiger partial charge in [-0.1, -0.05) is 6.07 Å². The van der Waals surface area contributed by atoms with Gasteiger partial charge in [0.15, 0.2) is 0 Å². The number of nitrogens with zero attached hydrogens (tertiary/aromatic N) is 1. The van der Waals surface area contributed by atoms with E-state index in [-0.39, 0.29) is 11.9 Å². The third-order valence-electron chi connectivity index (χ3n) is 4.50. The fourth-order valence-electron chi connectivity index (χ4n) is 3.13. The first-order valence-corrected chi connectivity index (χ1v) is 9.28. The quantitative estimate of drug-likeness (QED) is 0.814. The zero-order valence-corrected chi connectivity index (χ0v) is 15.7. The van der Waals surface area contributed by atoms with Crippen molar-refractivity contribution >= 4 is 29.0 Å². The average molecular weight is 367 g/mol. The van der Waals surface area contributed by atoms with E-state index in [4.69, 9.17) is 4.74 Å². The number of benzene rings is 2. The van der Waals surface area contributed by atoms with E-state index < -0.39 is 0 Å². The first kappa shape index (κ1) is 18.8. The Bertz CT molecular complexity index is 818. The van der Waals surface area contributed by atoms with Crippen LogP contribution >= 0.6 is 0 Å². The summed E-state index contributed by atoms with van der Waals surface area (Å²) in [5, 5.41) is 5.63. The molecular formula is C21H25N3O3. The van der Waals surface area contributed by atoms with Crippen molar-refractivity contribution in [3.05, 3.63) is 48.0 Å². The van der Waals surface area contributed by atoms with Gasteiger partial charge in [0.25, 0.3) is 0 Å². The fraction of sp³-hybridized carbons (Fsp3) is 0.333. The molecule has 0 bridgehead atoms. The number of nitrogens with one attached hydrogen (secondary N) is 2. The molecule has 2 N–H and O–H groups in total. The molecule has 0 spiro atoms. The first-order chi connectivity index (χ1) is 13.1. The van der Waals surface area contributed by atoms with Crippen molar-refractivity contribution in [2.24, 2.45) is 0 Å².